The van der Waals surface area contributed by atoms with Crippen LogP contribution in [0.15, 0.2) is 60.4 Å². The zero-order valence-corrected chi connectivity index (χ0v) is 19.1. The Balaban J connectivity index is 2.17. The molecule has 176 valence electrons. The average molecular weight is 456 g/mol. The van der Waals surface area contributed by atoms with Gasteiger partial charge >= 0.3 is 11.9 Å². The Morgan fingerprint density at radius 2 is 1.61 bits per heavy atom. The molecule has 0 aliphatic rings. The van der Waals surface area contributed by atoms with Crippen molar-refractivity contribution in [1.29, 1.82) is 0 Å². The molecule has 1 N–H and O–H groups in total. The maximum Gasteiger partial charge on any atom is 0.374 e. The van der Waals surface area contributed by atoms with Crippen LogP contribution < -0.4 is 14.8 Å². The molecule has 0 saturated carbocycles. The van der Waals surface area contributed by atoms with Crippen molar-refractivity contribution in [2.45, 2.75) is 33.6 Å². The number of rotatable bonds is 12. The molecule has 0 aliphatic heterocycles. The Morgan fingerprint density at radius 3 is 2.27 bits per heavy atom. The van der Waals surface area contributed by atoms with Crippen LogP contribution in [0.1, 0.15) is 44.0 Å². The smallest absolute Gasteiger partial charge is 0.374 e. The minimum atomic E-state index is -0.828. The summed E-state index contributed by atoms with van der Waals surface area (Å²) in [6.07, 6.45) is 2.91. The first kappa shape index (κ1) is 25.5. The van der Waals surface area contributed by atoms with E-state index in [-0.39, 0.29) is 30.6 Å². The van der Waals surface area contributed by atoms with Crippen LogP contribution in [0.5, 0.6) is 11.5 Å². The molecule has 33 heavy (non-hydrogen) atoms. The van der Waals surface area contributed by atoms with Gasteiger partial charge < -0.3 is 24.3 Å². The molecule has 0 aromatic heterocycles. The number of esters is 2. The predicted octanol–water partition coefficient (Wildman–Crippen LogP) is 4.51. The van der Waals surface area contributed by atoms with Crippen molar-refractivity contribution in [3.63, 3.8) is 0 Å². The number of hydrogen-bond acceptors (Lipinski definition) is 7. The number of amides is 1. The SMILES string of the molecule is CCCCOc1ccc(C(=O)Nc2ccccc2O/C(=C/C(=O)OCC)C(=O)OCC)cc1. The van der Waals surface area contributed by atoms with Gasteiger partial charge in [0.05, 0.1) is 31.6 Å². The Labute approximate surface area is 193 Å². The monoisotopic (exact) mass is 455 g/mol. The summed E-state index contributed by atoms with van der Waals surface area (Å²) in [5, 5.41) is 2.75. The molecule has 2 rings (SSSR count). The number of benzene rings is 2. The van der Waals surface area contributed by atoms with Gasteiger partial charge in [-0.15, -0.1) is 0 Å². The highest BCUT2D eigenvalue weighted by Crippen LogP contribution is 2.27. The predicted molar refractivity (Wildman–Crippen MR) is 123 cm³/mol. The number of para-hydroxylation sites is 2. The molecular weight excluding hydrogens is 426 g/mol. The van der Waals surface area contributed by atoms with Gasteiger partial charge in [0.2, 0.25) is 5.76 Å². The lowest BCUT2D eigenvalue weighted by Gasteiger charge is -2.14. The summed E-state index contributed by atoms with van der Waals surface area (Å²) in [4.78, 5) is 36.8. The number of unbranched alkanes of at least 4 members (excludes halogenated alkanes) is 1. The zero-order valence-electron chi connectivity index (χ0n) is 19.1. The molecule has 0 saturated heterocycles. The Bertz CT molecular complexity index is 967. The number of anilines is 1. The van der Waals surface area contributed by atoms with Gasteiger partial charge in [0.25, 0.3) is 5.91 Å². The Hall–Kier alpha value is -3.81. The van der Waals surface area contributed by atoms with E-state index in [9.17, 15) is 14.4 Å². The van der Waals surface area contributed by atoms with E-state index >= 15 is 0 Å². The van der Waals surface area contributed by atoms with Gasteiger partial charge in [0.15, 0.2) is 5.75 Å². The quantitative estimate of drug-likeness (QED) is 0.218. The first-order valence-corrected chi connectivity index (χ1v) is 10.8. The first-order chi connectivity index (χ1) is 16.0. The molecule has 8 heteroatoms. The Kier molecular flexibility index (Phi) is 10.5. The number of carbonyl (C=O) groups is 3. The van der Waals surface area contributed by atoms with Crippen LogP contribution in [-0.2, 0) is 19.1 Å². The van der Waals surface area contributed by atoms with Gasteiger partial charge in [-0.3, -0.25) is 4.79 Å². The summed E-state index contributed by atoms with van der Waals surface area (Å²) in [5.74, 6) is -1.46. The lowest BCUT2D eigenvalue weighted by Crippen LogP contribution is -2.17. The van der Waals surface area contributed by atoms with E-state index in [2.05, 4.69) is 12.2 Å². The van der Waals surface area contributed by atoms with Gasteiger partial charge in [-0.05, 0) is 56.7 Å². The maximum atomic E-state index is 12.7. The third-order valence-corrected chi connectivity index (χ3v) is 4.25. The van der Waals surface area contributed by atoms with Crippen molar-refractivity contribution < 1.29 is 33.3 Å². The standard InChI is InChI=1S/C25H29NO7/c1-4-7-16-32-19-14-12-18(13-15-19)24(28)26-20-10-8-9-11-21(20)33-22(25(29)31-6-3)17-23(27)30-5-2/h8-15,17H,4-7,16H2,1-3H3,(H,26,28)/b22-17+. The van der Waals surface area contributed by atoms with Crippen LogP contribution in [0.4, 0.5) is 5.69 Å². The van der Waals surface area contributed by atoms with E-state index in [4.69, 9.17) is 18.9 Å². The van der Waals surface area contributed by atoms with Crippen LogP contribution in [0, 0.1) is 0 Å². The minimum Gasteiger partial charge on any atom is -0.494 e. The normalized spacial score (nSPS) is 10.8. The summed E-state index contributed by atoms with van der Waals surface area (Å²) in [6.45, 7) is 6.22. The third kappa shape index (κ3) is 8.33. The number of carbonyl (C=O) groups excluding carboxylic acids is 3. The number of hydrogen-bond donors (Lipinski definition) is 1. The van der Waals surface area contributed by atoms with Crippen molar-refractivity contribution in [2.24, 2.45) is 0 Å². The largest absolute Gasteiger partial charge is 0.494 e. The second-order valence-corrected chi connectivity index (χ2v) is 6.76. The summed E-state index contributed by atoms with van der Waals surface area (Å²) in [6, 6.07) is 13.3. The van der Waals surface area contributed by atoms with Crippen LogP contribution in [0.3, 0.4) is 0 Å². The van der Waals surface area contributed by atoms with Gasteiger partial charge in [0.1, 0.15) is 5.75 Å². The molecule has 0 atom stereocenters. The van der Waals surface area contributed by atoms with Crippen molar-refractivity contribution in [3.05, 3.63) is 65.9 Å². The van der Waals surface area contributed by atoms with Crippen LogP contribution in [0.25, 0.3) is 0 Å². The van der Waals surface area contributed by atoms with E-state index < -0.39 is 11.9 Å². The second kappa shape index (κ2) is 13.6. The summed E-state index contributed by atoms with van der Waals surface area (Å²) < 4.78 is 21.1. The first-order valence-electron chi connectivity index (χ1n) is 10.8. The molecule has 0 aliphatic carbocycles. The average Bonchev–Trinajstić information content (AvgIpc) is 2.80. The molecule has 2 aromatic carbocycles. The lowest BCUT2D eigenvalue weighted by molar-refractivity contribution is -0.143. The Morgan fingerprint density at radius 1 is 0.909 bits per heavy atom. The molecular formula is C25H29NO7. The second-order valence-electron chi connectivity index (χ2n) is 6.76. The molecule has 0 radical (unpaired) electrons. The van der Waals surface area contributed by atoms with E-state index in [1.807, 2.05) is 0 Å². The van der Waals surface area contributed by atoms with Gasteiger partial charge in [-0.1, -0.05) is 25.5 Å². The summed E-state index contributed by atoms with van der Waals surface area (Å²) >= 11 is 0. The third-order valence-electron chi connectivity index (χ3n) is 4.25. The highest BCUT2D eigenvalue weighted by Gasteiger charge is 2.19. The molecule has 0 fully saturated rings. The molecule has 0 heterocycles. The van der Waals surface area contributed by atoms with Crippen LogP contribution >= 0.6 is 0 Å². The van der Waals surface area contributed by atoms with E-state index in [0.717, 1.165) is 18.9 Å². The minimum absolute atomic E-state index is 0.0961. The molecule has 2 aromatic rings. The van der Waals surface area contributed by atoms with E-state index in [1.54, 1.807) is 62.4 Å². The van der Waals surface area contributed by atoms with E-state index in [0.29, 0.717) is 23.6 Å². The molecule has 0 unspecified atom stereocenters. The van der Waals surface area contributed by atoms with Crippen molar-refractivity contribution in [3.8, 4) is 11.5 Å². The topological polar surface area (TPSA) is 100 Å². The van der Waals surface area contributed by atoms with E-state index in [1.165, 1.54) is 0 Å². The lowest BCUT2D eigenvalue weighted by atomic mass is 10.2. The fourth-order valence-corrected chi connectivity index (χ4v) is 2.63. The van der Waals surface area contributed by atoms with Gasteiger partial charge in [0, 0.05) is 5.56 Å². The summed E-state index contributed by atoms with van der Waals surface area (Å²) in [7, 11) is 0. The maximum absolute atomic E-state index is 12.7. The molecule has 0 bridgehead atoms. The van der Waals surface area contributed by atoms with Crippen molar-refractivity contribution in [2.75, 3.05) is 25.1 Å². The molecule has 0 spiro atoms. The van der Waals surface area contributed by atoms with Gasteiger partial charge in [-0.2, -0.15) is 0 Å². The molecule has 1 amide bonds. The summed E-state index contributed by atoms with van der Waals surface area (Å²) in [5.41, 5.74) is 0.727. The van der Waals surface area contributed by atoms with Crippen LogP contribution in [0.2, 0.25) is 0 Å². The fraction of sp³-hybridized carbons (Fsp3) is 0.320. The van der Waals surface area contributed by atoms with Crippen molar-refractivity contribution >= 4 is 23.5 Å². The molecule has 8 nitrogen and oxygen atoms in total. The number of ether oxygens (including phenoxy) is 4. The fourth-order valence-electron chi connectivity index (χ4n) is 2.63. The number of nitrogens with one attached hydrogen (secondary N) is 1. The van der Waals surface area contributed by atoms with Crippen LogP contribution in [-0.4, -0.2) is 37.7 Å². The highest BCUT2D eigenvalue weighted by molar-refractivity contribution is 6.05. The van der Waals surface area contributed by atoms with Gasteiger partial charge in [-0.25, -0.2) is 9.59 Å². The zero-order chi connectivity index (χ0) is 24.1. The van der Waals surface area contributed by atoms with Crippen molar-refractivity contribution in [1.82, 2.24) is 0 Å². The highest BCUT2D eigenvalue weighted by atomic mass is 16.6.